The number of halogens is 2. The normalized spacial score (nSPS) is 26.9. The van der Waals surface area contributed by atoms with Crippen molar-refractivity contribution in [2.45, 2.75) is 87.7 Å². The van der Waals surface area contributed by atoms with Gasteiger partial charge in [0, 0.05) is 83.8 Å². The molecule has 62 heavy (non-hydrogen) atoms. The number of carbonyl (C=O) groups excluding carboxylic acids is 3. The van der Waals surface area contributed by atoms with Crippen molar-refractivity contribution in [2.24, 2.45) is 17.8 Å². The summed E-state index contributed by atoms with van der Waals surface area (Å²) in [6.45, 7) is 6.81. The number of aryl methyl sites for hydroxylation is 1. The molecular weight excluding hydrogens is 805 g/mol. The number of rotatable bonds is 10. The summed E-state index contributed by atoms with van der Waals surface area (Å²) in [5.41, 5.74) is 7.46. The van der Waals surface area contributed by atoms with Crippen LogP contribution in [0.4, 0.5) is 20.3 Å². The third kappa shape index (κ3) is 7.30. The second-order valence-electron chi connectivity index (χ2n) is 17.4. The minimum Gasteiger partial charge on any atom is -0.396 e. The average molecular weight is 856 g/mol. The molecule has 3 atom stereocenters. The number of piperidine rings is 1. The van der Waals surface area contributed by atoms with Crippen molar-refractivity contribution in [1.82, 2.24) is 44.2 Å². The molecule has 20 heteroatoms. The van der Waals surface area contributed by atoms with Crippen LogP contribution in [0.5, 0.6) is 0 Å². The number of aromatic nitrogens is 5. The molecule has 0 radical (unpaired) electrons. The minimum atomic E-state index is -2.99. The van der Waals surface area contributed by atoms with E-state index in [1.807, 2.05) is 24.3 Å². The Labute approximate surface area is 355 Å². The largest absolute Gasteiger partial charge is 0.396 e. The highest BCUT2D eigenvalue weighted by Gasteiger charge is 2.41. The Kier molecular flexibility index (Phi) is 10.5. The van der Waals surface area contributed by atoms with E-state index in [0.29, 0.717) is 42.1 Å². The molecule has 4 aromatic rings. The molecule has 6 aliphatic rings. The number of morpholine rings is 1. The molecule has 1 unspecified atom stereocenters. The molecule has 1 aromatic carbocycles. The van der Waals surface area contributed by atoms with Crippen LogP contribution in [-0.2, 0) is 21.4 Å². The van der Waals surface area contributed by atoms with Gasteiger partial charge in [-0.1, -0.05) is 6.07 Å². The highest BCUT2D eigenvalue weighted by atomic mass is 19.3. The number of nitrogens with zero attached hydrogens (tertiary/aromatic N) is 10. The number of alkyl halides is 2. The summed E-state index contributed by atoms with van der Waals surface area (Å²) < 4.78 is 38.2. The van der Waals surface area contributed by atoms with E-state index >= 15 is 0 Å². The molecule has 3 amide bonds. The third-order valence-corrected chi connectivity index (χ3v) is 13.9. The molecule has 1 saturated carbocycles. The van der Waals surface area contributed by atoms with E-state index in [9.17, 15) is 28.0 Å². The van der Waals surface area contributed by atoms with E-state index in [1.165, 1.54) is 21.5 Å². The zero-order chi connectivity index (χ0) is 42.8. The molecule has 4 N–H and O–H groups in total. The van der Waals surface area contributed by atoms with Crippen molar-refractivity contribution in [3.63, 3.8) is 0 Å². The number of nitrogens with one attached hydrogen (secondary N) is 2. The number of piperazine rings is 1. The fraction of sp³-hybridized carbons (Fsp3) is 0.548. The molecule has 5 saturated heterocycles. The van der Waals surface area contributed by atoms with Gasteiger partial charge in [0.05, 0.1) is 53.4 Å². The van der Waals surface area contributed by atoms with Crippen LogP contribution in [0.1, 0.15) is 61.3 Å². The number of aliphatic imine (C=N–C) groups is 1. The van der Waals surface area contributed by atoms with Crippen molar-refractivity contribution in [3.8, 4) is 0 Å². The zero-order valence-electron chi connectivity index (χ0n) is 34.5. The first-order valence-corrected chi connectivity index (χ1v) is 21.6. The van der Waals surface area contributed by atoms with Crippen molar-refractivity contribution in [2.75, 3.05) is 62.2 Å². The number of para-hydroxylation sites is 1. The Hall–Kier alpha value is -5.73. The van der Waals surface area contributed by atoms with Crippen LogP contribution in [0.15, 0.2) is 57.8 Å². The van der Waals surface area contributed by atoms with Crippen LogP contribution in [0.25, 0.3) is 16.7 Å². The van der Waals surface area contributed by atoms with Gasteiger partial charge in [0.1, 0.15) is 23.1 Å². The topological polar surface area (TPSA) is 193 Å². The number of ether oxygens (including phenoxy) is 1. The van der Waals surface area contributed by atoms with Gasteiger partial charge in [0.2, 0.25) is 11.8 Å². The molecular formula is C42H51F2N13O5. The zero-order valence-corrected chi connectivity index (χ0v) is 34.5. The van der Waals surface area contributed by atoms with Crippen molar-refractivity contribution in [3.05, 3.63) is 64.1 Å². The first kappa shape index (κ1) is 40.3. The standard InChI is InChI=1S/C42H51F2N13O5/c1-51-37-31(3-2-4-32(37)57(42(51)61)33-9-10-35(58)50-41(33)60)54-20-27(21-54)53-15-13-52(14-16-53)25-7-5-24(6-8-25)46-19-30(36(45)38(43)44)48-40(59)29-18-47-56-12-11-34(49-39(29)56)55-22-28-17-26(55)23-62-28/h2-4,11-12,18-19,24-28,33,38H,5-10,13-17,20-23,45H2,1H3,(H,48,59)(H,50,58,60)/b36-30+,46-19?/t24?,25?,26-,28-,33?/m1/s1. The predicted octanol–water partition coefficient (Wildman–Crippen LogP) is 1.39. The number of anilines is 2. The molecule has 2 bridgehead atoms. The predicted molar refractivity (Wildman–Crippen MR) is 225 cm³/mol. The van der Waals surface area contributed by atoms with Gasteiger partial charge >= 0.3 is 5.69 Å². The van der Waals surface area contributed by atoms with Gasteiger partial charge in [-0.2, -0.15) is 5.10 Å². The maximum atomic E-state index is 13.9. The number of imide groups is 1. The molecule has 18 nitrogen and oxygen atoms in total. The fourth-order valence-electron chi connectivity index (χ4n) is 10.4. The van der Waals surface area contributed by atoms with Gasteiger partial charge in [-0.05, 0) is 56.7 Å². The Balaban J connectivity index is 0.719. The second kappa shape index (κ2) is 16.2. The molecule has 328 valence electrons. The van der Waals surface area contributed by atoms with Crippen molar-refractivity contribution in [1.29, 1.82) is 0 Å². The Morgan fingerprint density at radius 3 is 2.45 bits per heavy atom. The summed E-state index contributed by atoms with van der Waals surface area (Å²) in [6.07, 6.45) is 6.42. The van der Waals surface area contributed by atoms with Crippen molar-refractivity contribution >= 4 is 52.1 Å². The smallest absolute Gasteiger partial charge is 0.329 e. The van der Waals surface area contributed by atoms with Gasteiger partial charge in [0.25, 0.3) is 12.3 Å². The van der Waals surface area contributed by atoms with E-state index in [4.69, 9.17) is 15.5 Å². The molecule has 8 heterocycles. The Morgan fingerprint density at radius 2 is 1.76 bits per heavy atom. The molecule has 6 fully saturated rings. The van der Waals surface area contributed by atoms with E-state index in [-0.39, 0.29) is 47.5 Å². The Morgan fingerprint density at radius 1 is 1.00 bits per heavy atom. The number of carbonyl (C=O) groups is 3. The number of benzene rings is 1. The number of imidazole rings is 1. The fourth-order valence-corrected chi connectivity index (χ4v) is 10.4. The summed E-state index contributed by atoms with van der Waals surface area (Å²) >= 11 is 0. The number of hydrogen-bond acceptors (Lipinski definition) is 13. The highest BCUT2D eigenvalue weighted by molar-refractivity contribution is 6.03. The summed E-state index contributed by atoms with van der Waals surface area (Å²) in [5, 5.41) is 9.21. The number of amides is 3. The first-order valence-electron chi connectivity index (χ1n) is 21.6. The maximum Gasteiger partial charge on any atom is 0.329 e. The number of fused-ring (bicyclic) bond motifs is 4. The summed E-state index contributed by atoms with van der Waals surface area (Å²) in [5.74, 6) is -0.700. The summed E-state index contributed by atoms with van der Waals surface area (Å²) in [7, 11) is 1.73. The molecule has 3 aromatic heterocycles. The van der Waals surface area contributed by atoms with Crippen LogP contribution in [-0.4, -0.2) is 147 Å². The van der Waals surface area contributed by atoms with Crippen molar-refractivity contribution < 1.29 is 27.9 Å². The van der Waals surface area contributed by atoms with Gasteiger partial charge in [-0.3, -0.25) is 43.6 Å². The average Bonchev–Trinajstić information content (AvgIpc) is 4.06. The number of allylic oxidation sites excluding steroid dienone is 2. The lowest BCUT2D eigenvalue weighted by Crippen LogP contribution is -2.64. The van der Waals surface area contributed by atoms with Gasteiger partial charge in [-0.15, -0.1) is 0 Å². The lowest BCUT2D eigenvalue weighted by molar-refractivity contribution is -0.135. The number of hydrogen-bond donors (Lipinski definition) is 3. The van der Waals surface area contributed by atoms with Gasteiger partial charge < -0.3 is 25.6 Å². The quantitative estimate of drug-likeness (QED) is 0.154. The van der Waals surface area contributed by atoms with E-state index in [1.54, 1.807) is 17.8 Å². The Bertz CT molecular complexity index is 2530. The first-order chi connectivity index (χ1) is 30.0. The van der Waals surface area contributed by atoms with Gasteiger partial charge in [0.15, 0.2) is 5.65 Å². The van der Waals surface area contributed by atoms with Gasteiger partial charge in [-0.25, -0.2) is 23.1 Å². The summed E-state index contributed by atoms with van der Waals surface area (Å²) in [4.78, 5) is 70.3. The van der Waals surface area contributed by atoms with E-state index < -0.39 is 30.0 Å². The number of nitrogens with two attached hydrogens (primary N) is 1. The third-order valence-electron chi connectivity index (χ3n) is 13.9. The molecule has 5 aliphatic heterocycles. The SMILES string of the molecule is Cn1c(=O)n(C2CCC(=O)NC2=O)c2cccc(N3CC(N4CCN(C5CCC(N=C/C(NC(=O)c6cnn7ccc(N8C[C@H]9C[C@@H]8CO9)nc67)=C(\N)C(F)F)CC5)CC4)C3)c21. The second-order valence-corrected chi connectivity index (χ2v) is 17.4. The highest BCUT2D eigenvalue weighted by Crippen LogP contribution is 2.35. The lowest BCUT2D eigenvalue weighted by Gasteiger charge is -2.50. The minimum absolute atomic E-state index is 0.0864. The van der Waals surface area contributed by atoms with E-state index in [2.05, 4.69) is 40.3 Å². The summed E-state index contributed by atoms with van der Waals surface area (Å²) in [6, 6.07) is 7.86. The van der Waals surface area contributed by atoms with E-state index in [0.717, 1.165) is 89.1 Å². The van der Waals surface area contributed by atoms with Crippen LogP contribution in [0.3, 0.4) is 0 Å². The molecule has 10 rings (SSSR count). The van der Waals surface area contributed by atoms with Crippen LogP contribution >= 0.6 is 0 Å². The van der Waals surface area contributed by atoms with Crippen LogP contribution in [0, 0.1) is 0 Å². The lowest BCUT2D eigenvalue weighted by atomic mass is 9.90. The molecule has 0 spiro atoms. The molecule has 1 aliphatic carbocycles. The van der Waals surface area contributed by atoms with Crippen LogP contribution in [0.2, 0.25) is 0 Å². The monoisotopic (exact) mass is 855 g/mol. The van der Waals surface area contributed by atoms with Crippen LogP contribution < -0.4 is 31.9 Å². The maximum absolute atomic E-state index is 13.9.